The molecule has 1 aromatic carbocycles. The standard InChI is InChI=1S/C11H15N3O3/c1-7(2)13(3)11(15)9-6-8(12)4-5-10(9)14(16)17/h4-7H,12H2,1-3H3. The number of nitro benzene ring substituents is 1. The highest BCUT2D eigenvalue weighted by molar-refractivity contribution is 5.99. The van der Waals surface area contributed by atoms with Gasteiger partial charge in [0.05, 0.1) is 4.92 Å². The summed E-state index contributed by atoms with van der Waals surface area (Å²) in [4.78, 5) is 23.7. The lowest BCUT2D eigenvalue weighted by molar-refractivity contribution is -0.385. The average molecular weight is 237 g/mol. The average Bonchev–Trinajstić information content (AvgIpc) is 2.26. The molecule has 6 nitrogen and oxygen atoms in total. The normalized spacial score (nSPS) is 10.4. The predicted molar refractivity (Wildman–Crippen MR) is 64.7 cm³/mol. The van der Waals surface area contributed by atoms with Gasteiger partial charge in [-0.1, -0.05) is 0 Å². The molecule has 1 rings (SSSR count). The molecule has 0 bridgehead atoms. The molecular weight excluding hydrogens is 222 g/mol. The molecule has 0 atom stereocenters. The molecule has 0 radical (unpaired) electrons. The van der Waals surface area contributed by atoms with Crippen molar-refractivity contribution in [3.8, 4) is 0 Å². The molecule has 0 aliphatic carbocycles. The minimum atomic E-state index is -0.582. The van der Waals surface area contributed by atoms with Crippen molar-refractivity contribution in [2.75, 3.05) is 12.8 Å². The summed E-state index contributed by atoms with van der Waals surface area (Å²) in [7, 11) is 1.60. The molecular formula is C11H15N3O3. The van der Waals surface area contributed by atoms with Crippen molar-refractivity contribution in [1.82, 2.24) is 4.90 Å². The molecule has 1 aromatic rings. The summed E-state index contributed by atoms with van der Waals surface area (Å²) in [6.07, 6.45) is 0. The zero-order valence-corrected chi connectivity index (χ0v) is 10.0. The molecule has 0 fully saturated rings. The summed E-state index contributed by atoms with van der Waals surface area (Å²) in [5, 5.41) is 10.8. The fourth-order valence-corrected chi connectivity index (χ4v) is 1.31. The Morgan fingerprint density at radius 1 is 1.47 bits per heavy atom. The van der Waals surface area contributed by atoms with Crippen LogP contribution in [0.25, 0.3) is 0 Å². The summed E-state index contributed by atoms with van der Waals surface area (Å²) in [6, 6.07) is 3.95. The van der Waals surface area contributed by atoms with Crippen molar-refractivity contribution >= 4 is 17.3 Å². The molecule has 0 aromatic heterocycles. The molecule has 0 aliphatic rings. The van der Waals surface area contributed by atoms with E-state index in [2.05, 4.69) is 0 Å². The highest BCUT2D eigenvalue weighted by atomic mass is 16.6. The molecule has 0 saturated heterocycles. The van der Waals surface area contributed by atoms with Crippen LogP contribution in [0.5, 0.6) is 0 Å². The van der Waals surface area contributed by atoms with Gasteiger partial charge >= 0.3 is 0 Å². The second-order valence-corrected chi connectivity index (χ2v) is 4.04. The zero-order valence-electron chi connectivity index (χ0n) is 10.0. The highest BCUT2D eigenvalue weighted by Gasteiger charge is 2.24. The molecule has 2 N–H and O–H groups in total. The van der Waals surface area contributed by atoms with E-state index in [4.69, 9.17) is 5.73 Å². The minimum absolute atomic E-state index is 0.0196. The summed E-state index contributed by atoms with van der Waals surface area (Å²) in [5.41, 5.74) is 5.67. The highest BCUT2D eigenvalue weighted by Crippen LogP contribution is 2.23. The first kappa shape index (κ1) is 13.0. The SMILES string of the molecule is CC(C)N(C)C(=O)c1cc(N)ccc1[N+](=O)[O-]. The van der Waals surface area contributed by atoms with Crippen LogP contribution in [0.2, 0.25) is 0 Å². The van der Waals surface area contributed by atoms with E-state index in [9.17, 15) is 14.9 Å². The van der Waals surface area contributed by atoms with Gasteiger partial charge in [-0.25, -0.2) is 0 Å². The van der Waals surface area contributed by atoms with Crippen LogP contribution in [0.4, 0.5) is 11.4 Å². The number of amides is 1. The number of carbonyl (C=O) groups is 1. The first-order valence-electron chi connectivity index (χ1n) is 5.15. The van der Waals surface area contributed by atoms with Crippen LogP contribution < -0.4 is 5.73 Å². The maximum absolute atomic E-state index is 12.0. The van der Waals surface area contributed by atoms with Gasteiger partial charge < -0.3 is 10.6 Å². The van der Waals surface area contributed by atoms with Gasteiger partial charge in [0.25, 0.3) is 11.6 Å². The van der Waals surface area contributed by atoms with Gasteiger partial charge in [0.2, 0.25) is 0 Å². The van der Waals surface area contributed by atoms with Gasteiger partial charge in [-0.3, -0.25) is 14.9 Å². The molecule has 0 heterocycles. The third-order valence-electron chi connectivity index (χ3n) is 2.54. The van der Waals surface area contributed by atoms with Crippen LogP contribution in [0.15, 0.2) is 18.2 Å². The number of rotatable bonds is 3. The molecule has 0 unspecified atom stereocenters. The number of hydrogen-bond donors (Lipinski definition) is 1. The van der Waals surface area contributed by atoms with Crippen LogP contribution in [-0.2, 0) is 0 Å². The Labute approximate surface area is 99.2 Å². The van der Waals surface area contributed by atoms with E-state index < -0.39 is 10.8 Å². The summed E-state index contributed by atoms with van der Waals surface area (Å²) < 4.78 is 0. The predicted octanol–water partition coefficient (Wildman–Crippen LogP) is 1.66. The lowest BCUT2D eigenvalue weighted by Crippen LogP contribution is -2.33. The smallest absolute Gasteiger partial charge is 0.282 e. The maximum Gasteiger partial charge on any atom is 0.282 e. The number of anilines is 1. The largest absolute Gasteiger partial charge is 0.399 e. The van der Waals surface area contributed by atoms with Crippen LogP contribution >= 0.6 is 0 Å². The van der Waals surface area contributed by atoms with E-state index in [1.54, 1.807) is 7.05 Å². The van der Waals surface area contributed by atoms with Crippen molar-refractivity contribution in [3.63, 3.8) is 0 Å². The van der Waals surface area contributed by atoms with Gasteiger partial charge in [0.1, 0.15) is 5.56 Å². The number of hydrogen-bond acceptors (Lipinski definition) is 4. The molecule has 6 heteroatoms. The van der Waals surface area contributed by atoms with Gasteiger partial charge in [-0.05, 0) is 26.0 Å². The quantitative estimate of drug-likeness (QED) is 0.491. The second kappa shape index (κ2) is 4.82. The van der Waals surface area contributed by atoms with Crippen molar-refractivity contribution in [2.24, 2.45) is 0 Å². The molecule has 0 aliphatic heterocycles. The van der Waals surface area contributed by atoms with E-state index in [1.807, 2.05) is 13.8 Å². The van der Waals surface area contributed by atoms with Gasteiger partial charge in [0.15, 0.2) is 0 Å². The molecule has 0 saturated carbocycles. The van der Waals surface area contributed by atoms with E-state index in [-0.39, 0.29) is 17.3 Å². The van der Waals surface area contributed by atoms with Crippen LogP contribution in [0, 0.1) is 10.1 Å². The number of nitrogen functional groups attached to an aromatic ring is 1. The second-order valence-electron chi connectivity index (χ2n) is 4.04. The Bertz CT molecular complexity index is 457. The first-order valence-corrected chi connectivity index (χ1v) is 5.15. The van der Waals surface area contributed by atoms with Crippen LogP contribution in [-0.4, -0.2) is 28.8 Å². The fraction of sp³-hybridized carbons (Fsp3) is 0.364. The summed E-state index contributed by atoms with van der Waals surface area (Å²) in [6.45, 7) is 3.66. The van der Waals surface area contributed by atoms with E-state index in [1.165, 1.54) is 23.1 Å². The lowest BCUT2D eigenvalue weighted by atomic mass is 10.1. The number of benzene rings is 1. The Kier molecular flexibility index (Phi) is 3.67. The van der Waals surface area contributed by atoms with E-state index in [0.717, 1.165) is 0 Å². The van der Waals surface area contributed by atoms with E-state index in [0.29, 0.717) is 5.69 Å². The molecule has 0 spiro atoms. The molecule has 1 amide bonds. The van der Waals surface area contributed by atoms with E-state index >= 15 is 0 Å². The first-order chi connectivity index (χ1) is 7.84. The van der Waals surface area contributed by atoms with Gasteiger partial charge in [-0.2, -0.15) is 0 Å². The number of nitrogens with zero attached hydrogens (tertiary/aromatic N) is 2. The zero-order chi connectivity index (χ0) is 13.2. The summed E-state index contributed by atoms with van der Waals surface area (Å²) in [5.74, 6) is -0.404. The van der Waals surface area contributed by atoms with Gasteiger partial charge in [-0.15, -0.1) is 0 Å². The third-order valence-corrected chi connectivity index (χ3v) is 2.54. The number of nitrogens with two attached hydrogens (primary N) is 1. The Hall–Kier alpha value is -2.11. The fourth-order valence-electron chi connectivity index (χ4n) is 1.31. The maximum atomic E-state index is 12.0. The monoisotopic (exact) mass is 237 g/mol. The van der Waals surface area contributed by atoms with Crippen LogP contribution in [0.1, 0.15) is 24.2 Å². The number of carbonyl (C=O) groups excluding carboxylic acids is 1. The molecule has 17 heavy (non-hydrogen) atoms. The summed E-state index contributed by atoms with van der Waals surface area (Å²) >= 11 is 0. The third kappa shape index (κ3) is 2.72. The Balaban J connectivity index is 3.24. The number of nitro groups is 1. The van der Waals surface area contributed by atoms with Crippen molar-refractivity contribution in [2.45, 2.75) is 19.9 Å². The van der Waals surface area contributed by atoms with Gasteiger partial charge in [0, 0.05) is 24.8 Å². The van der Waals surface area contributed by atoms with Crippen molar-refractivity contribution in [3.05, 3.63) is 33.9 Å². The Morgan fingerprint density at radius 3 is 2.53 bits per heavy atom. The lowest BCUT2D eigenvalue weighted by Gasteiger charge is -2.21. The topological polar surface area (TPSA) is 89.5 Å². The Morgan fingerprint density at radius 2 is 2.06 bits per heavy atom. The minimum Gasteiger partial charge on any atom is -0.399 e. The molecule has 92 valence electrons. The van der Waals surface area contributed by atoms with Crippen molar-refractivity contribution in [1.29, 1.82) is 0 Å². The van der Waals surface area contributed by atoms with Crippen molar-refractivity contribution < 1.29 is 9.72 Å². The van der Waals surface area contributed by atoms with Crippen LogP contribution in [0.3, 0.4) is 0 Å².